The zero-order valence-electron chi connectivity index (χ0n) is 11.2. The van der Waals surface area contributed by atoms with Crippen molar-refractivity contribution in [3.05, 3.63) is 49.1 Å². The fourth-order valence-electron chi connectivity index (χ4n) is 1.88. The maximum Gasteiger partial charge on any atom is 0.340 e. The van der Waals surface area contributed by atoms with Gasteiger partial charge in [0, 0.05) is 16.3 Å². The van der Waals surface area contributed by atoms with Crippen molar-refractivity contribution in [3.63, 3.8) is 0 Å². The van der Waals surface area contributed by atoms with Crippen LogP contribution in [0.4, 0.5) is 5.69 Å². The van der Waals surface area contributed by atoms with Crippen LogP contribution in [0.2, 0.25) is 13.7 Å². The summed E-state index contributed by atoms with van der Waals surface area (Å²) in [4.78, 5) is 11.8. The topological polar surface area (TPSA) is 38.3 Å². The summed E-state index contributed by atoms with van der Waals surface area (Å²) in [6.45, 7) is 1.93. The van der Waals surface area contributed by atoms with E-state index in [1.165, 1.54) is 18.4 Å². The molecule has 1 unspecified atom stereocenters. The molecule has 1 atom stereocenters. The number of ether oxygens (including phenoxy) is 1. The van der Waals surface area contributed by atoms with E-state index >= 15 is 0 Å². The lowest BCUT2D eigenvalue weighted by atomic mass is 10.1. The third kappa shape index (κ3) is 3.83. The number of hydrogen-bond donors (Lipinski definition) is 1. The van der Waals surface area contributed by atoms with Crippen LogP contribution in [-0.4, -0.2) is 13.1 Å². The Morgan fingerprint density at radius 3 is 2.57 bits per heavy atom. The normalized spacial score (nSPS) is 12.0. The monoisotopic (exact) mass is 363 g/mol. The average molecular weight is 365 g/mol. The summed E-state index contributed by atoms with van der Waals surface area (Å²) in [5, 5.41) is 3.69. The second-order valence-corrected chi connectivity index (χ2v) is 7.05. The van der Waals surface area contributed by atoms with Gasteiger partial charge < -0.3 is 10.1 Å². The molecular weight excluding hydrogens is 353 g/mol. The first-order valence-electron chi connectivity index (χ1n) is 6.01. The van der Waals surface area contributed by atoms with Crippen molar-refractivity contribution < 1.29 is 9.53 Å². The highest BCUT2D eigenvalue weighted by Gasteiger charge is 2.17. The van der Waals surface area contributed by atoms with Crippen LogP contribution in [0.25, 0.3) is 0 Å². The summed E-state index contributed by atoms with van der Waals surface area (Å²) < 4.78 is 6.00. The summed E-state index contributed by atoms with van der Waals surface area (Å²) >= 11 is 19.3. The van der Waals surface area contributed by atoms with Gasteiger partial charge in [-0.2, -0.15) is 0 Å². The molecule has 0 amide bonds. The minimum atomic E-state index is -0.457. The molecule has 2 aromatic rings. The van der Waals surface area contributed by atoms with Gasteiger partial charge in [-0.3, -0.25) is 0 Å². The quantitative estimate of drug-likeness (QED) is 0.710. The second kappa shape index (κ2) is 6.88. The molecule has 0 aliphatic heterocycles. The molecular formula is C14H12Cl3NO2S. The molecule has 0 radical (unpaired) electrons. The number of esters is 1. The number of thiophene rings is 1. The van der Waals surface area contributed by atoms with Gasteiger partial charge >= 0.3 is 5.97 Å². The van der Waals surface area contributed by atoms with E-state index in [0.29, 0.717) is 24.9 Å². The Morgan fingerprint density at radius 2 is 2.00 bits per heavy atom. The van der Waals surface area contributed by atoms with Crippen LogP contribution < -0.4 is 5.32 Å². The molecule has 112 valence electrons. The Morgan fingerprint density at radius 1 is 1.29 bits per heavy atom. The molecule has 0 bridgehead atoms. The van der Waals surface area contributed by atoms with Crippen molar-refractivity contribution in [2.75, 3.05) is 12.4 Å². The number of benzene rings is 1. The first-order chi connectivity index (χ1) is 9.92. The minimum Gasteiger partial charge on any atom is -0.465 e. The van der Waals surface area contributed by atoms with Crippen LogP contribution in [0, 0.1) is 0 Å². The molecule has 0 aliphatic rings. The van der Waals surface area contributed by atoms with Crippen LogP contribution >= 0.6 is 46.1 Å². The van der Waals surface area contributed by atoms with Crippen molar-refractivity contribution in [1.29, 1.82) is 0 Å². The van der Waals surface area contributed by atoms with Crippen molar-refractivity contribution in [2.45, 2.75) is 13.0 Å². The van der Waals surface area contributed by atoms with Crippen molar-refractivity contribution in [2.24, 2.45) is 0 Å². The van der Waals surface area contributed by atoms with Gasteiger partial charge in [-0.25, -0.2) is 4.79 Å². The fourth-order valence-corrected chi connectivity index (χ4v) is 3.70. The number of methoxy groups -OCH3 is 1. The standard InChI is InChI=1S/C14H12Cl3NO2S/c1-7(9-6-12(16)21-13(9)17)18-11-4-3-8(15)5-10(11)14(19)20-2/h3-7,18H,1-2H3. The summed E-state index contributed by atoms with van der Waals surface area (Å²) in [5.41, 5.74) is 1.86. The predicted molar refractivity (Wildman–Crippen MR) is 89.2 cm³/mol. The van der Waals surface area contributed by atoms with Gasteiger partial charge in [0.2, 0.25) is 0 Å². The van der Waals surface area contributed by atoms with E-state index in [0.717, 1.165) is 5.56 Å². The number of halogens is 3. The van der Waals surface area contributed by atoms with Crippen molar-refractivity contribution >= 4 is 57.8 Å². The lowest BCUT2D eigenvalue weighted by Crippen LogP contribution is -2.11. The van der Waals surface area contributed by atoms with E-state index in [4.69, 9.17) is 39.5 Å². The summed E-state index contributed by atoms with van der Waals surface area (Å²) in [6, 6.07) is 6.67. The summed E-state index contributed by atoms with van der Waals surface area (Å²) in [6.07, 6.45) is 0. The van der Waals surface area contributed by atoms with E-state index in [1.807, 2.05) is 6.92 Å². The number of nitrogens with one attached hydrogen (secondary N) is 1. The van der Waals surface area contributed by atoms with E-state index in [9.17, 15) is 4.79 Å². The Hall–Kier alpha value is -0.940. The molecule has 2 rings (SSSR count). The molecule has 0 fully saturated rings. The summed E-state index contributed by atoms with van der Waals surface area (Å²) in [7, 11) is 1.33. The number of anilines is 1. The lowest BCUT2D eigenvalue weighted by molar-refractivity contribution is 0.0602. The Labute approximate surface area is 141 Å². The van der Waals surface area contributed by atoms with E-state index in [1.54, 1.807) is 24.3 Å². The van der Waals surface area contributed by atoms with Gasteiger partial charge in [0.15, 0.2) is 0 Å². The zero-order valence-corrected chi connectivity index (χ0v) is 14.3. The highest BCUT2D eigenvalue weighted by Crippen LogP contribution is 2.36. The van der Waals surface area contributed by atoms with Gasteiger partial charge in [-0.15, -0.1) is 11.3 Å². The Balaban J connectivity index is 2.31. The molecule has 0 saturated carbocycles. The molecule has 0 saturated heterocycles. The van der Waals surface area contributed by atoms with Crippen LogP contribution in [-0.2, 0) is 4.74 Å². The highest BCUT2D eigenvalue weighted by molar-refractivity contribution is 7.20. The average Bonchev–Trinajstić information content (AvgIpc) is 2.78. The molecule has 1 aromatic carbocycles. The van der Waals surface area contributed by atoms with Crippen LogP contribution in [0.3, 0.4) is 0 Å². The molecule has 0 aliphatic carbocycles. The molecule has 1 aromatic heterocycles. The number of carbonyl (C=O) groups excluding carboxylic acids is 1. The molecule has 1 N–H and O–H groups in total. The van der Waals surface area contributed by atoms with Crippen molar-refractivity contribution in [1.82, 2.24) is 0 Å². The van der Waals surface area contributed by atoms with E-state index in [-0.39, 0.29) is 6.04 Å². The van der Waals surface area contributed by atoms with Crippen LogP contribution in [0.15, 0.2) is 24.3 Å². The van der Waals surface area contributed by atoms with Crippen LogP contribution in [0.1, 0.15) is 28.9 Å². The lowest BCUT2D eigenvalue weighted by Gasteiger charge is -2.17. The molecule has 7 heteroatoms. The van der Waals surface area contributed by atoms with Gasteiger partial charge in [-0.05, 0) is 31.2 Å². The number of carbonyl (C=O) groups is 1. The zero-order chi connectivity index (χ0) is 15.6. The minimum absolute atomic E-state index is 0.120. The molecule has 0 spiro atoms. The maximum atomic E-state index is 11.8. The van der Waals surface area contributed by atoms with E-state index < -0.39 is 5.97 Å². The first-order valence-corrected chi connectivity index (χ1v) is 7.96. The Bertz CT molecular complexity index is 672. The smallest absolute Gasteiger partial charge is 0.340 e. The largest absolute Gasteiger partial charge is 0.465 e. The summed E-state index contributed by atoms with van der Waals surface area (Å²) in [5.74, 6) is -0.457. The SMILES string of the molecule is COC(=O)c1cc(Cl)ccc1NC(C)c1cc(Cl)sc1Cl. The van der Waals surface area contributed by atoms with Gasteiger partial charge in [0.25, 0.3) is 0 Å². The highest BCUT2D eigenvalue weighted by atomic mass is 35.5. The predicted octanol–water partition coefficient (Wildman–Crippen LogP) is 5.67. The van der Waals surface area contributed by atoms with Crippen molar-refractivity contribution in [3.8, 4) is 0 Å². The number of hydrogen-bond acceptors (Lipinski definition) is 4. The Kier molecular flexibility index (Phi) is 5.38. The van der Waals surface area contributed by atoms with E-state index in [2.05, 4.69) is 5.32 Å². The fraction of sp³-hybridized carbons (Fsp3) is 0.214. The molecule has 21 heavy (non-hydrogen) atoms. The molecule has 3 nitrogen and oxygen atoms in total. The number of rotatable bonds is 4. The third-order valence-corrected chi connectivity index (χ3v) is 4.66. The van der Waals surface area contributed by atoms with Gasteiger partial charge in [0.05, 0.1) is 27.4 Å². The molecule has 1 heterocycles. The second-order valence-electron chi connectivity index (χ2n) is 4.33. The van der Waals surface area contributed by atoms with Gasteiger partial charge in [-0.1, -0.05) is 34.8 Å². The van der Waals surface area contributed by atoms with Gasteiger partial charge in [0.1, 0.15) is 0 Å². The third-order valence-electron chi connectivity index (χ3n) is 2.91. The maximum absolute atomic E-state index is 11.8. The first kappa shape index (κ1) is 16.4. The van der Waals surface area contributed by atoms with Crippen LogP contribution in [0.5, 0.6) is 0 Å².